The molecule has 0 heterocycles. The Morgan fingerprint density at radius 2 is 1.08 bits per heavy atom. The van der Waals surface area contributed by atoms with Gasteiger partial charge < -0.3 is 9.47 Å². The molecule has 0 saturated carbocycles. The van der Waals surface area contributed by atoms with E-state index in [0.717, 1.165) is 0 Å². The number of alkyl halides is 6. The van der Waals surface area contributed by atoms with Gasteiger partial charge >= 0.3 is 13.2 Å². The zero-order chi connectivity index (χ0) is 9.99. The Hall–Kier alpha value is 1.43. The maximum Gasteiger partial charge on any atom is 0.359 e. The Morgan fingerprint density at radius 1 is 0.833 bits per heavy atom. The Morgan fingerprint density at radius 3 is 1.25 bits per heavy atom. The molecule has 0 aliphatic rings. The van der Waals surface area contributed by atoms with Crippen LogP contribution in [0.2, 0.25) is 0 Å². The van der Waals surface area contributed by atoms with Crippen LogP contribution in [0.15, 0.2) is 0 Å². The Bertz CT molecular complexity index is 153. The molecule has 0 amide bonds. The van der Waals surface area contributed by atoms with E-state index in [9.17, 15) is 0 Å². The number of hydrogen-bond donors (Lipinski definition) is 0. The lowest BCUT2D eigenvalue weighted by Gasteiger charge is -2.17. The quantitative estimate of drug-likeness (QED) is 0.498. The number of hydrogen-bond acceptors (Lipinski definition) is 3. The van der Waals surface area contributed by atoms with Gasteiger partial charge in [-0.15, -0.1) is 0 Å². The predicted molar refractivity (Wildman–Crippen MR) is 55.3 cm³/mol. The Labute approximate surface area is 104 Å². The molecule has 0 spiro atoms. The number of halogens is 6. The van der Waals surface area contributed by atoms with E-state index < -0.39 is 13.2 Å². The van der Waals surface area contributed by atoms with Crippen molar-refractivity contribution in [2.45, 2.75) is 7.96 Å². The molecule has 0 aliphatic carbocycles. The normalized spacial score (nSPS) is 12.5. The zero-order valence-corrected chi connectivity index (χ0v) is 10.3. The van der Waals surface area contributed by atoms with E-state index in [1.54, 1.807) is 0 Å². The van der Waals surface area contributed by atoms with Crippen LogP contribution in [0.5, 0.6) is 0 Å². The van der Waals surface area contributed by atoms with E-state index in [-0.39, 0.29) is 0 Å². The minimum atomic E-state index is -2.03. The van der Waals surface area contributed by atoms with Crippen LogP contribution in [-0.4, -0.2) is 13.2 Å². The van der Waals surface area contributed by atoms with Gasteiger partial charge in [-0.05, 0) is 69.6 Å². The summed E-state index contributed by atoms with van der Waals surface area (Å²) >= 11 is 35.4. The van der Waals surface area contributed by atoms with Crippen molar-refractivity contribution in [3.8, 4) is 0 Å². The molecule has 9 heteroatoms. The Balaban J connectivity index is 3.92. The van der Waals surface area contributed by atoms with Gasteiger partial charge in [0.05, 0.1) is 0 Å². The molecule has 0 N–H and O–H groups in total. The predicted octanol–water partition coefficient (Wildman–Crippen LogP) is 3.96. The first-order chi connectivity index (χ1) is 5.10. The van der Waals surface area contributed by atoms with Gasteiger partial charge in [0.15, 0.2) is 0 Å². The molecule has 0 aliphatic heterocycles. The van der Waals surface area contributed by atoms with E-state index in [1.165, 1.54) is 0 Å². The fourth-order valence-electron chi connectivity index (χ4n) is 0.210. The van der Waals surface area contributed by atoms with Crippen LogP contribution in [0.3, 0.4) is 0 Å². The summed E-state index contributed by atoms with van der Waals surface area (Å²) in [6, 6.07) is 0. The van der Waals surface area contributed by atoms with Crippen molar-refractivity contribution in [2.24, 2.45) is 0 Å². The van der Waals surface area contributed by atoms with Crippen molar-refractivity contribution in [3.63, 3.8) is 0 Å². The molecule has 2 nitrogen and oxygen atoms in total. The molecule has 12 heavy (non-hydrogen) atoms. The standard InChI is InChI=1S/C3Cl6O2S/c4-2(5,6)10-1(12)11-3(7,8)9. The van der Waals surface area contributed by atoms with E-state index >= 15 is 0 Å². The maximum atomic E-state index is 5.17. The smallest absolute Gasteiger partial charge is 0.359 e. The van der Waals surface area contributed by atoms with Crippen LogP contribution < -0.4 is 0 Å². The summed E-state index contributed by atoms with van der Waals surface area (Å²) in [5.41, 5.74) is 0. The zero-order valence-electron chi connectivity index (χ0n) is 4.99. The van der Waals surface area contributed by atoms with Gasteiger partial charge in [0.2, 0.25) is 0 Å². The van der Waals surface area contributed by atoms with Crippen LogP contribution in [-0.2, 0) is 9.47 Å². The second-order valence-electron chi connectivity index (χ2n) is 1.35. The van der Waals surface area contributed by atoms with E-state index in [4.69, 9.17) is 69.6 Å². The molecular formula is C3Cl6O2S. The maximum absolute atomic E-state index is 5.17. The first-order valence-electron chi connectivity index (χ1n) is 2.15. The molecule has 0 bridgehead atoms. The Kier molecular flexibility index (Phi) is 5.35. The van der Waals surface area contributed by atoms with Crippen LogP contribution in [0, 0.1) is 0 Å². The fraction of sp³-hybridized carbons (Fsp3) is 0.667. The molecule has 0 saturated heterocycles. The fourth-order valence-corrected chi connectivity index (χ4v) is 1.15. The van der Waals surface area contributed by atoms with Crippen molar-refractivity contribution in [1.29, 1.82) is 0 Å². The van der Waals surface area contributed by atoms with Crippen molar-refractivity contribution < 1.29 is 9.47 Å². The molecule has 0 aromatic carbocycles. The average molecular weight is 313 g/mol. The van der Waals surface area contributed by atoms with Gasteiger partial charge in [-0.2, -0.15) is 0 Å². The van der Waals surface area contributed by atoms with Crippen LogP contribution >= 0.6 is 81.8 Å². The van der Waals surface area contributed by atoms with Gasteiger partial charge in [0, 0.05) is 12.2 Å². The highest BCUT2D eigenvalue weighted by Gasteiger charge is 2.29. The van der Waals surface area contributed by atoms with Gasteiger partial charge in [-0.1, -0.05) is 0 Å². The summed E-state index contributed by atoms with van der Waals surface area (Å²) in [4.78, 5) is 0. The third-order valence-corrected chi connectivity index (χ3v) is 1.03. The highest BCUT2D eigenvalue weighted by Crippen LogP contribution is 2.32. The molecule has 0 radical (unpaired) electrons. The van der Waals surface area contributed by atoms with Gasteiger partial charge in [0.1, 0.15) is 0 Å². The van der Waals surface area contributed by atoms with Crippen molar-refractivity contribution in [1.82, 2.24) is 0 Å². The highest BCUT2D eigenvalue weighted by atomic mass is 35.6. The second-order valence-corrected chi connectivity index (χ2v) is 6.03. The summed E-state index contributed by atoms with van der Waals surface area (Å²) in [7, 11) is 0. The molecule has 0 unspecified atom stereocenters. The molecule has 72 valence electrons. The molecule has 0 fully saturated rings. The van der Waals surface area contributed by atoms with Crippen LogP contribution in [0.4, 0.5) is 0 Å². The monoisotopic (exact) mass is 310 g/mol. The van der Waals surface area contributed by atoms with Crippen LogP contribution in [0.1, 0.15) is 0 Å². The first kappa shape index (κ1) is 13.4. The third kappa shape index (κ3) is 9.52. The summed E-state index contributed by atoms with van der Waals surface area (Å²) in [5.74, 6) is 0. The van der Waals surface area contributed by atoms with Crippen molar-refractivity contribution in [2.75, 3.05) is 0 Å². The van der Waals surface area contributed by atoms with Gasteiger partial charge in [-0.25, -0.2) is 0 Å². The number of ether oxygens (including phenoxy) is 2. The minimum absolute atomic E-state index is 0.574. The van der Waals surface area contributed by atoms with Crippen molar-refractivity contribution in [3.05, 3.63) is 0 Å². The third-order valence-electron chi connectivity index (χ3n) is 0.398. The molecule has 0 aromatic heterocycles. The molecule has 0 atom stereocenters. The lowest BCUT2D eigenvalue weighted by molar-refractivity contribution is 0.174. The highest BCUT2D eigenvalue weighted by molar-refractivity contribution is 7.79. The number of rotatable bonds is 0. The van der Waals surface area contributed by atoms with E-state index in [1.807, 2.05) is 0 Å². The summed E-state index contributed by atoms with van der Waals surface area (Å²) in [6.45, 7) is 0. The van der Waals surface area contributed by atoms with E-state index in [0.29, 0.717) is 0 Å². The summed E-state index contributed by atoms with van der Waals surface area (Å²) in [5, 5.41) is -0.574. The SMILES string of the molecule is S=C(OC(Cl)(Cl)Cl)OC(Cl)(Cl)Cl. The lowest BCUT2D eigenvalue weighted by atomic mass is 11.3. The number of thiocarbonyl (C=S) groups is 1. The lowest BCUT2D eigenvalue weighted by Crippen LogP contribution is -2.22. The van der Waals surface area contributed by atoms with Gasteiger partial charge in [-0.3, -0.25) is 0 Å². The first-order valence-corrected chi connectivity index (χ1v) is 4.83. The van der Waals surface area contributed by atoms with E-state index in [2.05, 4.69) is 21.7 Å². The topological polar surface area (TPSA) is 18.5 Å². The molecule has 0 aromatic rings. The summed E-state index contributed by atoms with van der Waals surface area (Å²) < 4.78 is 4.66. The second kappa shape index (κ2) is 4.78. The van der Waals surface area contributed by atoms with Crippen LogP contribution in [0.25, 0.3) is 0 Å². The van der Waals surface area contributed by atoms with Crippen molar-refractivity contribution >= 4 is 87.1 Å². The summed E-state index contributed by atoms with van der Waals surface area (Å²) in [6.07, 6.45) is 0. The largest absolute Gasteiger partial charge is 0.405 e. The molecular weight excluding hydrogens is 313 g/mol. The average Bonchev–Trinajstić information content (AvgIpc) is 1.49. The molecule has 0 rings (SSSR count). The minimum Gasteiger partial charge on any atom is -0.405 e. The van der Waals surface area contributed by atoms with Gasteiger partial charge in [0.25, 0.3) is 0 Å².